The van der Waals surface area contributed by atoms with E-state index in [4.69, 9.17) is 5.11 Å². The molecule has 0 bridgehead atoms. The van der Waals surface area contributed by atoms with Crippen molar-refractivity contribution in [2.75, 3.05) is 13.1 Å². The van der Waals surface area contributed by atoms with Crippen molar-refractivity contribution in [3.05, 3.63) is 35.9 Å². The summed E-state index contributed by atoms with van der Waals surface area (Å²) in [6, 6.07) is 9.17. The fraction of sp³-hybridized carbons (Fsp3) is 0.529. The van der Waals surface area contributed by atoms with Crippen LogP contribution in [0.2, 0.25) is 0 Å². The number of alkyl halides is 3. The van der Waals surface area contributed by atoms with Crippen LogP contribution in [0.1, 0.15) is 25.8 Å². The maximum Gasteiger partial charge on any atom is 0.406 e. The summed E-state index contributed by atoms with van der Waals surface area (Å²) in [5, 5.41) is 9.08. The molecule has 1 aromatic carbocycles. The average Bonchev–Trinajstić information content (AvgIpc) is 2.93. The Balaban J connectivity index is 2.17. The molecule has 0 saturated carbocycles. The molecule has 1 heterocycles. The molecule has 1 atom stereocenters. The first kappa shape index (κ1) is 18.3. The van der Waals surface area contributed by atoms with Crippen LogP contribution in [0.4, 0.5) is 13.2 Å². The van der Waals surface area contributed by atoms with E-state index in [0.717, 1.165) is 10.5 Å². The highest BCUT2D eigenvalue weighted by Gasteiger charge is 2.64. The molecule has 1 unspecified atom stereocenters. The van der Waals surface area contributed by atoms with Crippen molar-refractivity contribution in [2.45, 2.75) is 32.9 Å². The minimum absolute atomic E-state index is 0.205. The Morgan fingerprint density at radius 1 is 1.21 bits per heavy atom. The second-order valence-electron chi connectivity index (χ2n) is 6.91. The first-order valence-corrected chi connectivity index (χ1v) is 7.63. The van der Waals surface area contributed by atoms with Crippen LogP contribution < -0.4 is 0 Å². The minimum Gasteiger partial charge on any atom is -0.481 e. The van der Waals surface area contributed by atoms with Gasteiger partial charge < -0.3 is 10.0 Å². The summed E-state index contributed by atoms with van der Waals surface area (Å²) in [5.74, 6) is -2.38. The van der Waals surface area contributed by atoms with Crippen LogP contribution in [0.3, 0.4) is 0 Å². The number of rotatable bonds is 4. The molecule has 0 aromatic heterocycles. The van der Waals surface area contributed by atoms with Crippen LogP contribution in [0.15, 0.2) is 30.3 Å². The quantitative estimate of drug-likeness (QED) is 0.914. The van der Waals surface area contributed by atoms with Gasteiger partial charge >= 0.3 is 12.1 Å². The lowest BCUT2D eigenvalue weighted by Crippen LogP contribution is -2.49. The van der Waals surface area contributed by atoms with Crippen molar-refractivity contribution in [3.8, 4) is 0 Å². The van der Waals surface area contributed by atoms with E-state index in [1.165, 1.54) is 0 Å². The Morgan fingerprint density at radius 2 is 1.79 bits per heavy atom. The van der Waals surface area contributed by atoms with E-state index in [9.17, 15) is 22.8 Å². The number of likely N-dealkylation sites (tertiary alicyclic amines) is 1. The second kappa shape index (κ2) is 6.11. The Hall–Kier alpha value is -2.05. The predicted molar refractivity (Wildman–Crippen MR) is 81.2 cm³/mol. The van der Waals surface area contributed by atoms with Crippen LogP contribution in [-0.2, 0) is 16.0 Å². The summed E-state index contributed by atoms with van der Waals surface area (Å²) in [6.07, 6.45) is -5.13. The van der Waals surface area contributed by atoms with E-state index in [1.807, 2.05) is 30.3 Å². The van der Waals surface area contributed by atoms with Gasteiger partial charge in [0.1, 0.15) is 0 Å². The smallest absolute Gasteiger partial charge is 0.406 e. The standard InChI is InChI=1S/C17H20F3NO3/c1-15(2,10-12-6-4-3-5-7-12)13(22)21-9-8-16(11-21,14(23)24)17(18,19)20/h3-7H,8-11H2,1-2H3,(H,23,24). The molecule has 0 spiro atoms. The molecule has 0 radical (unpaired) electrons. The second-order valence-corrected chi connectivity index (χ2v) is 6.91. The van der Waals surface area contributed by atoms with Gasteiger partial charge in [-0.15, -0.1) is 0 Å². The molecule has 24 heavy (non-hydrogen) atoms. The van der Waals surface area contributed by atoms with Crippen molar-refractivity contribution < 1.29 is 27.9 Å². The van der Waals surface area contributed by atoms with Crippen LogP contribution in [0.25, 0.3) is 0 Å². The summed E-state index contributed by atoms with van der Waals surface area (Å²) in [4.78, 5) is 24.9. The van der Waals surface area contributed by atoms with Gasteiger partial charge in [-0.3, -0.25) is 9.59 Å². The number of carbonyl (C=O) groups excluding carboxylic acids is 1. The Morgan fingerprint density at radius 3 is 2.25 bits per heavy atom. The van der Waals surface area contributed by atoms with Crippen molar-refractivity contribution in [1.29, 1.82) is 0 Å². The lowest BCUT2D eigenvalue weighted by molar-refractivity contribution is -0.227. The van der Waals surface area contributed by atoms with Gasteiger partial charge in [0.15, 0.2) is 5.41 Å². The van der Waals surface area contributed by atoms with E-state index >= 15 is 0 Å². The van der Waals surface area contributed by atoms with Crippen molar-refractivity contribution in [1.82, 2.24) is 4.90 Å². The van der Waals surface area contributed by atoms with Gasteiger partial charge in [0, 0.05) is 18.5 Å². The molecule has 1 aliphatic rings. The highest BCUT2D eigenvalue weighted by Crippen LogP contribution is 2.46. The fourth-order valence-electron chi connectivity index (χ4n) is 3.12. The number of aliphatic carboxylic acids is 1. The molecule has 132 valence electrons. The van der Waals surface area contributed by atoms with Crippen LogP contribution in [-0.4, -0.2) is 41.1 Å². The van der Waals surface area contributed by atoms with Gasteiger partial charge in [-0.25, -0.2) is 0 Å². The van der Waals surface area contributed by atoms with Gasteiger partial charge in [0.2, 0.25) is 5.91 Å². The normalized spacial score (nSPS) is 21.8. The Labute approximate surface area is 138 Å². The molecule has 1 amide bonds. The lowest BCUT2D eigenvalue weighted by Gasteiger charge is -2.31. The van der Waals surface area contributed by atoms with Crippen molar-refractivity contribution >= 4 is 11.9 Å². The predicted octanol–water partition coefficient (Wildman–Crippen LogP) is 3.12. The topological polar surface area (TPSA) is 57.6 Å². The van der Waals surface area contributed by atoms with Gasteiger partial charge in [-0.05, 0) is 18.4 Å². The zero-order valence-electron chi connectivity index (χ0n) is 13.6. The molecule has 4 nitrogen and oxygen atoms in total. The summed E-state index contributed by atoms with van der Waals surface area (Å²) < 4.78 is 39.7. The zero-order valence-corrected chi connectivity index (χ0v) is 13.6. The molecule has 7 heteroatoms. The lowest BCUT2D eigenvalue weighted by atomic mass is 9.83. The third-order valence-corrected chi connectivity index (χ3v) is 4.58. The maximum atomic E-state index is 13.2. The molecule has 1 fully saturated rings. The van der Waals surface area contributed by atoms with Crippen LogP contribution >= 0.6 is 0 Å². The number of carbonyl (C=O) groups is 2. The zero-order chi connectivity index (χ0) is 18.2. The first-order chi connectivity index (χ1) is 11.0. The van der Waals surface area contributed by atoms with Crippen LogP contribution in [0, 0.1) is 10.8 Å². The van der Waals surface area contributed by atoms with E-state index in [0.29, 0.717) is 6.42 Å². The number of benzene rings is 1. The number of nitrogens with zero attached hydrogens (tertiary/aromatic N) is 1. The summed E-state index contributed by atoms with van der Waals surface area (Å²) in [7, 11) is 0. The number of carboxylic acid groups (broad SMARTS) is 1. The van der Waals surface area contributed by atoms with E-state index in [1.54, 1.807) is 13.8 Å². The highest BCUT2D eigenvalue weighted by atomic mass is 19.4. The molecular formula is C17H20F3NO3. The van der Waals surface area contributed by atoms with E-state index in [-0.39, 0.29) is 6.54 Å². The minimum atomic E-state index is -4.89. The fourth-order valence-corrected chi connectivity index (χ4v) is 3.12. The third kappa shape index (κ3) is 3.25. The molecule has 1 aromatic rings. The third-order valence-electron chi connectivity index (χ3n) is 4.58. The molecule has 1 N–H and O–H groups in total. The number of hydrogen-bond acceptors (Lipinski definition) is 2. The monoisotopic (exact) mass is 343 g/mol. The van der Waals surface area contributed by atoms with Gasteiger partial charge in [-0.1, -0.05) is 44.2 Å². The summed E-state index contributed by atoms with van der Waals surface area (Å²) >= 11 is 0. The SMILES string of the molecule is CC(C)(Cc1ccccc1)C(=O)N1CCC(C(=O)O)(C(F)(F)F)C1. The number of carboxylic acids is 1. The molecule has 0 aliphatic carbocycles. The first-order valence-electron chi connectivity index (χ1n) is 7.63. The molecular weight excluding hydrogens is 323 g/mol. The maximum absolute atomic E-state index is 13.2. The van der Waals surface area contributed by atoms with Crippen molar-refractivity contribution in [2.24, 2.45) is 10.8 Å². The average molecular weight is 343 g/mol. The Bertz CT molecular complexity index is 628. The van der Waals surface area contributed by atoms with Gasteiger partial charge in [0.05, 0.1) is 0 Å². The Kier molecular flexibility index (Phi) is 4.65. The number of hydrogen-bond donors (Lipinski definition) is 1. The number of halogens is 3. The largest absolute Gasteiger partial charge is 0.481 e. The molecule has 1 saturated heterocycles. The molecule has 1 aliphatic heterocycles. The van der Waals surface area contributed by atoms with E-state index < -0.39 is 41.8 Å². The highest BCUT2D eigenvalue weighted by molar-refractivity contribution is 5.85. The summed E-state index contributed by atoms with van der Waals surface area (Å²) in [6.45, 7) is 2.29. The molecule has 2 rings (SSSR count). The summed E-state index contributed by atoms with van der Waals surface area (Å²) in [5.41, 5.74) is -2.89. The van der Waals surface area contributed by atoms with Gasteiger partial charge in [-0.2, -0.15) is 13.2 Å². The van der Waals surface area contributed by atoms with E-state index in [2.05, 4.69) is 0 Å². The number of amides is 1. The van der Waals surface area contributed by atoms with Crippen molar-refractivity contribution in [3.63, 3.8) is 0 Å². The van der Waals surface area contributed by atoms with Crippen LogP contribution in [0.5, 0.6) is 0 Å². The van der Waals surface area contributed by atoms with Gasteiger partial charge in [0.25, 0.3) is 0 Å².